The van der Waals surface area contributed by atoms with Crippen LogP contribution in [-0.2, 0) is 58.9 Å². The molecule has 2 aliphatic rings. The van der Waals surface area contributed by atoms with E-state index in [1.54, 1.807) is 41.5 Å². The number of hydrogen-bond donors (Lipinski definition) is 7. The van der Waals surface area contributed by atoms with Crippen LogP contribution in [0.3, 0.4) is 0 Å². The topological polar surface area (TPSA) is 284 Å². The minimum atomic E-state index is -1.24. The van der Waals surface area contributed by atoms with E-state index in [9.17, 15) is 43.2 Å². The van der Waals surface area contributed by atoms with Gasteiger partial charge in [-0.05, 0) is 157 Å². The number of alkyl carbamates (subject to hydrolysis) is 2. The maximum Gasteiger partial charge on any atom is 0.407 e. The van der Waals surface area contributed by atoms with E-state index >= 15 is 0 Å². The van der Waals surface area contributed by atoms with Crippen molar-refractivity contribution in [2.75, 3.05) is 40.0 Å². The molecule has 0 aliphatic heterocycles. The molecule has 476 valence electrons. The molecule has 0 radical (unpaired) electrons. The Balaban J connectivity index is 1.01. The Hall–Kier alpha value is -8.49. The van der Waals surface area contributed by atoms with E-state index in [2.05, 4.69) is 55.9 Å². The Kier molecular flexibility index (Phi) is 26.2. The van der Waals surface area contributed by atoms with Gasteiger partial charge in [-0.15, -0.1) is 0 Å². The third kappa shape index (κ3) is 22.3. The molecule has 0 heterocycles. The molecule has 7 N–H and O–H groups in total. The van der Waals surface area contributed by atoms with Crippen molar-refractivity contribution in [1.82, 2.24) is 37.2 Å². The van der Waals surface area contributed by atoms with Gasteiger partial charge in [0.2, 0.25) is 17.7 Å². The molecule has 0 spiro atoms. The van der Waals surface area contributed by atoms with Crippen LogP contribution in [0.25, 0.3) is 21.9 Å². The summed E-state index contributed by atoms with van der Waals surface area (Å²) in [5.74, 6) is -3.63. The van der Waals surface area contributed by atoms with Crippen LogP contribution in [0.2, 0.25) is 0 Å². The van der Waals surface area contributed by atoms with Gasteiger partial charge in [0, 0.05) is 44.3 Å². The number of unbranched alkanes of at least 4 members (excludes halogenated alkanes) is 2. The molecule has 0 bridgehead atoms. The van der Waals surface area contributed by atoms with E-state index in [4.69, 9.17) is 23.7 Å². The highest BCUT2D eigenvalue weighted by Crippen LogP contribution is 2.44. The van der Waals surface area contributed by atoms with Crippen LogP contribution in [0.1, 0.15) is 141 Å². The van der Waals surface area contributed by atoms with Crippen LogP contribution in [0, 0.1) is 11.8 Å². The summed E-state index contributed by atoms with van der Waals surface area (Å²) in [6.07, 6.45) is 4.47. The fourth-order valence-corrected chi connectivity index (χ4v) is 10.8. The summed E-state index contributed by atoms with van der Waals surface area (Å²) in [5.41, 5.74) is 3.49. The van der Waals surface area contributed by atoms with Crippen molar-refractivity contribution >= 4 is 64.6 Å². The summed E-state index contributed by atoms with van der Waals surface area (Å²) in [4.78, 5) is 119. The minimum absolute atomic E-state index is 0.0407. The molecular weight excluding hydrogens is 1130 g/mol. The van der Waals surface area contributed by atoms with Crippen LogP contribution in [0.15, 0.2) is 104 Å². The maximum absolute atomic E-state index is 14.1. The lowest BCUT2D eigenvalue weighted by Crippen LogP contribution is -2.52. The van der Waals surface area contributed by atoms with E-state index in [1.807, 2.05) is 78.9 Å². The fourth-order valence-electron chi connectivity index (χ4n) is 10.8. The second-order valence-corrected chi connectivity index (χ2v) is 24.4. The molecule has 6 rings (SSSR count). The number of fused-ring (bicyclic) bond motifs is 4. The number of hydrogen-bond acceptors (Lipinski definition) is 14. The number of carbonyl (C=O) groups excluding carboxylic acids is 9. The highest BCUT2D eigenvalue weighted by Gasteiger charge is 2.34. The van der Waals surface area contributed by atoms with Gasteiger partial charge >= 0.3 is 36.1 Å². The first-order valence-corrected chi connectivity index (χ1v) is 30.6. The van der Waals surface area contributed by atoms with E-state index in [0.717, 1.165) is 38.6 Å². The van der Waals surface area contributed by atoms with Crippen LogP contribution in [0.5, 0.6) is 0 Å². The molecule has 4 atom stereocenters. The van der Waals surface area contributed by atoms with Gasteiger partial charge in [-0.2, -0.15) is 0 Å². The van der Waals surface area contributed by atoms with Gasteiger partial charge < -0.3 is 60.9 Å². The van der Waals surface area contributed by atoms with Gasteiger partial charge in [-0.25, -0.2) is 24.0 Å². The lowest BCUT2D eigenvalue weighted by molar-refractivity contribution is -0.158. The Morgan fingerprint density at radius 2 is 1.16 bits per heavy atom. The van der Waals surface area contributed by atoms with Crippen molar-refractivity contribution in [2.45, 2.75) is 166 Å². The average Bonchev–Trinajstić information content (AvgIpc) is 1.71. The predicted molar refractivity (Wildman–Crippen MR) is 332 cm³/mol. The van der Waals surface area contributed by atoms with Gasteiger partial charge in [-0.3, -0.25) is 19.2 Å². The third-order valence-electron chi connectivity index (χ3n) is 15.2. The van der Waals surface area contributed by atoms with Crippen LogP contribution in [-0.4, -0.2) is 129 Å². The summed E-state index contributed by atoms with van der Waals surface area (Å²) >= 11 is 0. The SMILES string of the molecule is C=CCOC(=O)NCCCCC(NC(=O)OCC1c2ccccc2-c2ccccc21)C(=O)NCC1CCC(C(=O)NC(Cc2ccc3ccccc3c2)C(=O)NCCCCC(NC(=O)NC(CCC(=O)OC(C)(C)C)C(=O)OC(C)(C)C)C(=O)OC)CC1. The van der Waals surface area contributed by atoms with Gasteiger partial charge in [0.25, 0.3) is 0 Å². The number of esters is 3. The monoisotopic (exact) mass is 1220 g/mol. The summed E-state index contributed by atoms with van der Waals surface area (Å²) < 4.78 is 26.7. The van der Waals surface area contributed by atoms with Gasteiger partial charge in [0.1, 0.15) is 48.6 Å². The highest BCUT2D eigenvalue weighted by molar-refractivity contribution is 5.90. The lowest BCUT2D eigenvalue weighted by atomic mass is 9.81. The Labute approximate surface area is 516 Å². The standard InChI is InChI=1S/C67H89N7O14/c1-9-38-85-64(82)69-37-19-16-26-53(74-65(83)86-42-52-50-24-14-12-22-48(50)49-23-13-15-25-51(49)52)59(77)70-41-43-28-32-46(33-29-43)58(76)71-56(40-44-30-31-45-20-10-11-21-47(45)39-44)60(78)68-36-18-17-27-54(61(79)84-8)72-63(81)73-55(62(80)88-67(5,6)7)34-35-57(75)87-66(2,3)4/h9-15,20-25,30-31,39,43,46,52-56H,1,16-19,26-29,32-38,40-42H2,2-8H3,(H,68,78)(H,69,82)(H,70,77)(H,71,76)(H,74,83)(H2,72,73,81). The van der Waals surface area contributed by atoms with Crippen molar-refractivity contribution < 1.29 is 66.8 Å². The van der Waals surface area contributed by atoms with Crippen LogP contribution >= 0.6 is 0 Å². The zero-order valence-corrected chi connectivity index (χ0v) is 51.9. The fraction of sp³-hybridized carbons (Fsp3) is 0.507. The van der Waals surface area contributed by atoms with E-state index < -0.39 is 83.3 Å². The Morgan fingerprint density at radius 3 is 1.78 bits per heavy atom. The van der Waals surface area contributed by atoms with Gasteiger partial charge in [0.05, 0.1) is 7.11 Å². The largest absolute Gasteiger partial charge is 0.467 e. The Bertz CT molecular complexity index is 3010. The second-order valence-electron chi connectivity index (χ2n) is 24.4. The van der Waals surface area contributed by atoms with E-state index in [0.29, 0.717) is 64.5 Å². The number of urea groups is 1. The summed E-state index contributed by atoms with van der Waals surface area (Å²) in [5, 5.41) is 21.6. The van der Waals surface area contributed by atoms with Crippen molar-refractivity contribution in [3.05, 3.63) is 120 Å². The van der Waals surface area contributed by atoms with E-state index in [-0.39, 0.29) is 75.5 Å². The third-order valence-corrected chi connectivity index (χ3v) is 15.2. The molecule has 88 heavy (non-hydrogen) atoms. The zero-order chi connectivity index (χ0) is 63.8. The molecule has 4 aromatic carbocycles. The van der Waals surface area contributed by atoms with Gasteiger partial charge in [-0.1, -0.05) is 104 Å². The average molecular weight is 1220 g/mol. The van der Waals surface area contributed by atoms with Gasteiger partial charge in [0.15, 0.2) is 0 Å². The first-order chi connectivity index (χ1) is 42.0. The van der Waals surface area contributed by atoms with Crippen molar-refractivity contribution in [2.24, 2.45) is 11.8 Å². The minimum Gasteiger partial charge on any atom is -0.467 e. The molecule has 4 unspecified atom stereocenters. The summed E-state index contributed by atoms with van der Waals surface area (Å²) in [6.45, 7) is 14.6. The molecule has 0 aromatic heterocycles. The molecule has 1 saturated carbocycles. The number of carbonyl (C=O) groups is 9. The zero-order valence-electron chi connectivity index (χ0n) is 51.9. The number of rotatable bonds is 30. The number of amides is 7. The van der Waals surface area contributed by atoms with Crippen LogP contribution < -0.4 is 37.2 Å². The second kappa shape index (κ2) is 33.6. The van der Waals surface area contributed by atoms with E-state index in [1.165, 1.54) is 13.2 Å². The summed E-state index contributed by atoms with van der Waals surface area (Å²) in [6, 6.07) is 24.7. The maximum atomic E-state index is 14.1. The lowest BCUT2D eigenvalue weighted by Gasteiger charge is -2.30. The highest BCUT2D eigenvalue weighted by atomic mass is 16.6. The normalized spacial score (nSPS) is 15.9. The first-order valence-electron chi connectivity index (χ1n) is 30.6. The molecular formula is C67H89N7O14. The number of benzene rings is 4. The number of ether oxygens (including phenoxy) is 5. The molecule has 2 aliphatic carbocycles. The summed E-state index contributed by atoms with van der Waals surface area (Å²) in [7, 11) is 1.18. The molecule has 4 aromatic rings. The number of methoxy groups -OCH3 is 1. The molecule has 21 heteroatoms. The first kappa shape index (κ1) is 68.6. The smallest absolute Gasteiger partial charge is 0.407 e. The van der Waals surface area contributed by atoms with Crippen LogP contribution in [0.4, 0.5) is 14.4 Å². The molecule has 0 saturated heterocycles. The van der Waals surface area contributed by atoms with Crippen molar-refractivity contribution in [3.63, 3.8) is 0 Å². The number of nitrogens with one attached hydrogen (secondary N) is 7. The molecule has 21 nitrogen and oxygen atoms in total. The Morgan fingerprint density at radius 1 is 0.580 bits per heavy atom. The quantitative estimate of drug-likeness (QED) is 0.0111. The molecule has 7 amide bonds. The molecule has 1 fully saturated rings. The van der Waals surface area contributed by atoms with Crippen molar-refractivity contribution in [1.29, 1.82) is 0 Å². The van der Waals surface area contributed by atoms with Crippen molar-refractivity contribution in [3.8, 4) is 11.1 Å². The predicted octanol–water partition coefficient (Wildman–Crippen LogP) is 8.74.